The van der Waals surface area contributed by atoms with E-state index < -0.39 is 18.0 Å². The summed E-state index contributed by atoms with van der Waals surface area (Å²) in [6, 6.07) is 5.73. The van der Waals surface area contributed by atoms with Gasteiger partial charge in [-0.1, -0.05) is 12.1 Å². The Kier molecular flexibility index (Phi) is 5.33. The summed E-state index contributed by atoms with van der Waals surface area (Å²) >= 11 is 1.09. The molecule has 0 bridgehead atoms. The lowest BCUT2D eigenvalue weighted by atomic mass is 10.1. The van der Waals surface area contributed by atoms with Crippen molar-refractivity contribution in [1.29, 1.82) is 0 Å². The van der Waals surface area contributed by atoms with E-state index in [9.17, 15) is 14.4 Å². The topological polar surface area (TPSA) is 90.3 Å². The fraction of sp³-hybridized carbons (Fsp3) is 0.300. The fourth-order valence-corrected chi connectivity index (χ4v) is 3.80. The summed E-state index contributed by atoms with van der Waals surface area (Å²) < 4.78 is 6.70. The number of ether oxygens (including phenoxy) is 1. The Bertz CT molecular complexity index is 1150. The van der Waals surface area contributed by atoms with Crippen LogP contribution in [0.1, 0.15) is 33.3 Å². The van der Waals surface area contributed by atoms with Crippen molar-refractivity contribution in [2.24, 2.45) is 7.05 Å². The lowest BCUT2D eigenvalue weighted by Gasteiger charge is -2.15. The van der Waals surface area contributed by atoms with Gasteiger partial charge in [0.2, 0.25) is 0 Å². The maximum absolute atomic E-state index is 12.6. The lowest BCUT2D eigenvalue weighted by molar-refractivity contribution is -0.123. The molecule has 2 aromatic heterocycles. The molecule has 3 aromatic rings. The largest absolute Gasteiger partial charge is 0.448 e. The van der Waals surface area contributed by atoms with Gasteiger partial charge >= 0.3 is 5.97 Å². The number of thiophene rings is 1. The van der Waals surface area contributed by atoms with Crippen molar-refractivity contribution in [3.8, 4) is 0 Å². The first-order valence-electron chi connectivity index (χ1n) is 8.73. The van der Waals surface area contributed by atoms with Gasteiger partial charge in [-0.05, 0) is 50.5 Å². The van der Waals surface area contributed by atoms with Crippen LogP contribution in [-0.4, -0.2) is 27.5 Å². The van der Waals surface area contributed by atoms with Gasteiger partial charge in [0.05, 0.1) is 11.7 Å². The van der Waals surface area contributed by atoms with E-state index in [4.69, 9.17) is 4.74 Å². The van der Waals surface area contributed by atoms with Gasteiger partial charge in [0, 0.05) is 12.7 Å². The number of aromatic nitrogens is 2. The van der Waals surface area contributed by atoms with E-state index in [0.717, 1.165) is 22.5 Å². The number of hydrogen-bond acceptors (Lipinski definition) is 6. The molecule has 0 spiro atoms. The van der Waals surface area contributed by atoms with Crippen LogP contribution in [0, 0.1) is 20.8 Å². The zero-order chi connectivity index (χ0) is 20.6. The van der Waals surface area contributed by atoms with Crippen LogP contribution in [0.2, 0.25) is 0 Å². The minimum Gasteiger partial charge on any atom is -0.448 e. The number of amides is 1. The first-order chi connectivity index (χ1) is 13.2. The van der Waals surface area contributed by atoms with E-state index in [0.29, 0.717) is 21.5 Å². The van der Waals surface area contributed by atoms with E-state index in [1.165, 1.54) is 17.8 Å². The first kappa shape index (κ1) is 19.8. The van der Waals surface area contributed by atoms with Crippen LogP contribution < -0.4 is 10.9 Å². The summed E-state index contributed by atoms with van der Waals surface area (Å²) in [7, 11) is 1.60. The van der Waals surface area contributed by atoms with Crippen molar-refractivity contribution < 1.29 is 14.3 Å². The number of carbonyl (C=O) groups is 2. The molecular weight excluding hydrogens is 378 g/mol. The second-order valence-electron chi connectivity index (χ2n) is 6.75. The van der Waals surface area contributed by atoms with E-state index in [2.05, 4.69) is 10.3 Å². The monoisotopic (exact) mass is 399 g/mol. The average molecular weight is 399 g/mol. The molecule has 0 aliphatic rings. The maximum Gasteiger partial charge on any atom is 0.349 e. The van der Waals surface area contributed by atoms with Crippen molar-refractivity contribution >= 4 is 39.1 Å². The number of fused-ring (bicyclic) bond motifs is 1. The third-order valence-corrected chi connectivity index (χ3v) is 5.68. The zero-order valence-electron chi connectivity index (χ0n) is 16.3. The SMILES string of the molecule is Cc1ccc(C)c(NC(=O)C(C)OC(=O)c2sc3ncn(C)c(=O)c3c2C)c1. The molecule has 8 heteroatoms. The quantitative estimate of drug-likeness (QED) is 0.681. The molecule has 0 fully saturated rings. The van der Waals surface area contributed by atoms with Crippen molar-refractivity contribution in [2.75, 3.05) is 5.32 Å². The standard InChI is InChI=1S/C20H21N3O4S/c1-10-6-7-11(2)14(8-10)22-17(24)13(4)27-20(26)16-12(3)15-18(28-16)21-9-23(5)19(15)25/h6-9,13H,1-5H3,(H,22,24). The highest BCUT2D eigenvalue weighted by molar-refractivity contribution is 7.20. The molecule has 1 aromatic carbocycles. The molecule has 28 heavy (non-hydrogen) atoms. The predicted octanol–water partition coefficient (Wildman–Crippen LogP) is 3.10. The number of aryl methyl sites for hydroxylation is 4. The molecule has 0 saturated heterocycles. The molecule has 146 valence electrons. The van der Waals surface area contributed by atoms with Crippen molar-refractivity contribution in [3.63, 3.8) is 0 Å². The molecule has 2 heterocycles. The minimum atomic E-state index is -0.993. The molecule has 0 radical (unpaired) electrons. The first-order valence-corrected chi connectivity index (χ1v) is 9.54. The highest BCUT2D eigenvalue weighted by Crippen LogP contribution is 2.27. The number of nitrogens with one attached hydrogen (secondary N) is 1. The van der Waals surface area contributed by atoms with E-state index >= 15 is 0 Å². The number of benzene rings is 1. The zero-order valence-corrected chi connectivity index (χ0v) is 17.1. The van der Waals surface area contributed by atoms with Gasteiger partial charge in [0.1, 0.15) is 9.71 Å². The number of esters is 1. The summed E-state index contributed by atoms with van der Waals surface area (Å²) in [5.74, 6) is -1.07. The molecule has 0 saturated carbocycles. The third-order valence-electron chi connectivity index (χ3n) is 4.50. The smallest absolute Gasteiger partial charge is 0.349 e. The van der Waals surface area contributed by atoms with E-state index in [-0.39, 0.29) is 10.4 Å². The number of nitrogens with zero attached hydrogens (tertiary/aromatic N) is 2. The lowest BCUT2D eigenvalue weighted by Crippen LogP contribution is -2.30. The number of hydrogen-bond donors (Lipinski definition) is 1. The second kappa shape index (κ2) is 7.55. The Hall–Kier alpha value is -3.00. The minimum absolute atomic E-state index is 0.224. The van der Waals surface area contributed by atoms with E-state index in [1.54, 1.807) is 14.0 Å². The number of rotatable bonds is 4. The summed E-state index contributed by atoms with van der Waals surface area (Å²) in [5, 5.41) is 3.18. The van der Waals surface area contributed by atoms with E-state index in [1.807, 2.05) is 32.0 Å². The molecule has 0 aliphatic carbocycles. The Labute approximate surface area is 166 Å². The predicted molar refractivity (Wildman–Crippen MR) is 109 cm³/mol. The fourth-order valence-electron chi connectivity index (χ4n) is 2.78. The number of anilines is 1. The summed E-state index contributed by atoms with van der Waals surface area (Å²) in [5.41, 5.74) is 2.90. The van der Waals surface area contributed by atoms with Gasteiger partial charge in [-0.3, -0.25) is 9.59 Å². The summed E-state index contributed by atoms with van der Waals surface area (Å²) in [4.78, 5) is 42.3. The normalized spacial score (nSPS) is 12.0. The van der Waals surface area contributed by atoms with Gasteiger partial charge in [-0.15, -0.1) is 11.3 Å². The van der Waals surface area contributed by atoms with Crippen LogP contribution in [0.5, 0.6) is 0 Å². The van der Waals surface area contributed by atoms with Crippen LogP contribution in [-0.2, 0) is 16.6 Å². The van der Waals surface area contributed by atoms with Gasteiger partial charge in [-0.2, -0.15) is 0 Å². The second-order valence-corrected chi connectivity index (χ2v) is 7.75. The van der Waals surface area contributed by atoms with Gasteiger partial charge < -0.3 is 14.6 Å². The van der Waals surface area contributed by atoms with Crippen LogP contribution in [0.15, 0.2) is 29.3 Å². The molecule has 3 rings (SSSR count). The van der Waals surface area contributed by atoms with Gasteiger partial charge in [0.15, 0.2) is 6.10 Å². The van der Waals surface area contributed by atoms with Crippen LogP contribution in [0.3, 0.4) is 0 Å². The molecule has 1 unspecified atom stereocenters. The highest BCUT2D eigenvalue weighted by atomic mass is 32.1. The Morgan fingerprint density at radius 3 is 2.68 bits per heavy atom. The van der Waals surface area contributed by atoms with Crippen molar-refractivity contribution in [3.05, 3.63) is 56.4 Å². The Morgan fingerprint density at radius 1 is 1.25 bits per heavy atom. The molecule has 0 aliphatic heterocycles. The maximum atomic E-state index is 12.6. The van der Waals surface area contributed by atoms with Gasteiger partial charge in [0.25, 0.3) is 11.5 Å². The molecule has 1 N–H and O–H groups in total. The molecule has 1 amide bonds. The number of carbonyl (C=O) groups excluding carboxylic acids is 2. The molecule has 1 atom stereocenters. The Morgan fingerprint density at radius 2 is 1.96 bits per heavy atom. The highest BCUT2D eigenvalue weighted by Gasteiger charge is 2.24. The van der Waals surface area contributed by atoms with Crippen LogP contribution in [0.4, 0.5) is 5.69 Å². The van der Waals surface area contributed by atoms with Crippen molar-refractivity contribution in [1.82, 2.24) is 9.55 Å². The Balaban J connectivity index is 1.79. The van der Waals surface area contributed by atoms with Crippen LogP contribution >= 0.6 is 11.3 Å². The summed E-state index contributed by atoms with van der Waals surface area (Å²) in [6.07, 6.45) is 0.420. The molecule has 7 nitrogen and oxygen atoms in total. The van der Waals surface area contributed by atoms with Gasteiger partial charge in [-0.25, -0.2) is 9.78 Å². The van der Waals surface area contributed by atoms with Crippen molar-refractivity contribution in [2.45, 2.75) is 33.8 Å². The third kappa shape index (κ3) is 3.68. The molecular formula is C20H21N3O4S. The summed E-state index contributed by atoms with van der Waals surface area (Å²) in [6.45, 7) is 7.01. The van der Waals surface area contributed by atoms with Crippen LogP contribution in [0.25, 0.3) is 10.2 Å². The average Bonchev–Trinajstić information content (AvgIpc) is 2.98.